The predicted octanol–water partition coefficient (Wildman–Crippen LogP) is 2.49. The molecular formula is C13H8F2N4O. The summed E-state index contributed by atoms with van der Waals surface area (Å²) in [6, 6.07) is 5.66. The molecule has 0 radical (unpaired) electrons. The Hall–Kier alpha value is -2.83. The summed E-state index contributed by atoms with van der Waals surface area (Å²) in [7, 11) is 0. The van der Waals surface area contributed by atoms with Crippen LogP contribution < -0.4 is 5.32 Å². The van der Waals surface area contributed by atoms with E-state index in [0.717, 1.165) is 17.1 Å². The first kappa shape index (κ1) is 12.2. The first-order valence-electron chi connectivity index (χ1n) is 5.69. The maximum Gasteiger partial charge on any atom is 0.277 e. The second-order valence-electron chi connectivity index (χ2n) is 4.11. The van der Waals surface area contributed by atoms with E-state index in [-0.39, 0.29) is 0 Å². The Morgan fingerprint density at radius 1 is 1.20 bits per heavy atom. The Morgan fingerprint density at radius 2 is 2.05 bits per heavy atom. The number of pyridine rings is 1. The molecule has 100 valence electrons. The van der Waals surface area contributed by atoms with E-state index in [1.54, 1.807) is 24.4 Å². The molecule has 0 aliphatic carbocycles. The Morgan fingerprint density at radius 3 is 2.85 bits per heavy atom. The molecule has 3 aromatic rings. The van der Waals surface area contributed by atoms with Crippen molar-refractivity contribution in [2.45, 2.75) is 0 Å². The molecule has 2 N–H and O–H groups in total. The summed E-state index contributed by atoms with van der Waals surface area (Å²) in [5, 5.41) is 9.92. The van der Waals surface area contributed by atoms with E-state index in [0.29, 0.717) is 11.8 Å². The van der Waals surface area contributed by atoms with Gasteiger partial charge in [0.05, 0.1) is 17.9 Å². The number of carbonyl (C=O) groups is 1. The van der Waals surface area contributed by atoms with Crippen LogP contribution >= 0.6 is 0 Å². The van der Waals surface area contributed by atoms with Crippen LogP contribution in [-0.4, -0.2) is 21.1 Å². The highest BCUT2D eigenvalue weighted by Gasteiger charge is 2.14. The second-order valence-corrected chi connectivity index (χ2v) is 4.11. The van der Waals surface area contributed by atoms with Crippen LogP contribution in [-0.2, 0) is 0 Å². The van der Waals surface area contributed by atoms with Gasteiger partial charge in [0.25, 0.3) is 5.91 Å². The lowest BCUT2D eigenvalue weighted by Gasteiger charge is -2.05. The van der Waals surface area contributed by atoms with Crippen LogP contribution in [0.25, 0.3) is 10.9 Å². The van der Waals surface area contributed by atoms with Crippen molar-refractivity contribution in [3.05, 3.63) is 54.0 Å². The fraction of sp³-hybridized carbons (Fsp3) is 0. The highest BCUT2D eigenvalue weighted by molar-refractivity contribution is 6.03. The van der Waals surface area contributed by atoms with Gasteiger partial charge in [0, 0.05) is 17.1 Å². The van der Waals surface area contributed by atoms with Crippen molar-refractivity contribution in [3.63, 3.8) is 0 Å². The van der Waals surface area contributed by atoms with Crippen molar-refractivity contribution in [1.29, 1.82) is 0 Å². The number of carbonyl (C=O) groups excluding carboxylic acids is 1. The Bertz CT molecular complexity index is 800. The lowest BCUT2D eigenvalue weighted by Crippen LogP contribution is -2.15. The number of hydrogen-bond acceptors (Lipinski definition) is 3. The van der Waals surface area contributed by atoms with E-state index in [1.807, 2.05) is 0 Å². The normalized spacial score (nSPS) is 10.7. The molecule has 1 amide bonds. The van der Waals surface area contributed by atoms with Gasteiger partial charge in [-0.2, -0.15) is 5.10 Å². The van der Waals surface area contributed by atoms with Gasteiger partial charge in [-0.3, -0.25) is 9.89 Å². The standard InChI is InChI=1S/C13H8F2N4O/c14-8-4-10(15)12(16-6-8)13(20)18-9-1-2-11-7(3-9)5-17-19-11/h1-6H,(H,17,19)(H,18,20). The molecule has 20 heavy (non-hydrogen) atoms. The minimum absolute atomic E-state index is 0.460. The van der Waals surface area contributed by atoms with Gasteiger partial charge in [-0.25, -0.2) is 13.8 Å². The summed E-state index contributed by atoms with van der Waals surface area (Å²) in [6.07, 6.45) is 2.39. The topological polar surface area (TPSA) is 70.7 Å². The quantitative estimate of drug-likeness (QED) is 0.754. The number of nitrogens with zero attached hydrogens (tertiary/aromatic N) is 2. The largest absolute Gasteiger partial charge is 0.321 e. The zero-order valence-corrected chi connectivity index (χ0v) is 10.0. The summed E-state index contributed by atoms with van der Waals surface area (Å²) >= 11 is 0. The third-order valence-electron chi connectivity index (χ3n) is 2.72. The Balaban J connectivity index is 1.87. The summed E-state index contributed by atoms with van der Waals surface area (Å²) in [5.74, 6) is -2.59. The second kappa shape index (κ2) is 4.69. The lowest BCUT2D eigenvalue weighted by atomic mass is 10.2. The fourth-order valence-electron chi connectivity index (χ4n) is 1.79. The first-order chi connectivity index (χ1) is 9.63. The number of benzene rings is 1. The van der Waals surface area contributed by atoms with Crippen LogP contribution in [0.1, 0.15) is 10.5 Å². The predicted molar refractivity (Wildman–Crippen MR) is 68.2 cm³/mol. The number of amides is 1. The monoisotopic (exact) mass is 274 g/mol. The number of aromatic nitrogens is 3. The van der Waals surface area contributed by atoms with Gasteiger partial charge in [0.15, 0.2) is 11.5 Å². The molecule has 5 nitrogen and oxygen atoms in total. The van der Waals surface area contributed by atoms with Gasteiger partial charge in [-0.1, -0.05) is 0 Å². The Kier molecular flexibility index (Phi) is 2.86. The highest BCUT2D eigenvalue weighted by atomic mass is 19.1. The van der Waals surface area contributed by atoms with Crippen molar-refractivity contribution < 1.29 is 13.6 Å². The molecule has 0 spiro atoms. The molecule has 0 saturated heterocycles. The number of hydrogen-bond donors (Lipinski definition) is 2. The van der Waals surface area contributed by atoms with E-state index in [4.69, 9.17) is 0 Å². The summed E-state index contributed by atoms with van der Waals surface area (Å²) in [5.41, 5.74) is 0.821. The van der Waals surface area contributed by atoms with Crippen molar-refractivity contribution >= 4 is 22.5 Å². The molecule has 3 rings (SSSR count). The van der Waals surface area contributed by atoms with Crippen LogP contribution in [0.2, 0.25) is 0 Å². The molecule has 2 heterocycles. The number of aromatic amines is 1. The van der Waals surface area contributed by atoms with Gasteiger partial charge >= 0.3 is 0 Å². The number of nitrogens with one attached hydrogen (secondary N) is 2. The number of H-pyrrole nitrogens is 1. The van der Waals surface area contributed by atoms with Crippen LogP contribution in [0.5, 0.6) is 0 Å². The average Bonchev–Trinajstić information content (AvgIpc) is 2.85. The van der Waals surface area contributed by atoms with E-state index >= 15 is 0 Å². The smallest absolute Gasteiger partial charge is 0.277 e. The molecule has 1 aromatic carbocycles. The van der Waals surface area contributed by atoms with Crippen molar-refractivity contribution in [1.82, 2.24) is 15.2 Å². The van der Waals surface area contributed by atoms with Gasteiger partial charge < -0.3 is 5.32 Å². The molecule has 0 bridgehead atoms. The molecule has 0 fully saturated rings. The maximum atomic E-state index is 13.4. The maximum absolute atomic E-state index is 13.4. The molecule has 0 unspecified atom stereocenters. The van der Waals surface area contributed by atoms with Gasteiger partial charge in [0.2, 0.25) is 0 Å². The van der Waals surface area contributed by atoms with Crippen molar-refractivity contribution in [3.8, 4) is 0 Å². The third kappa shape index (κ3) is 2.20. The van der Waals surface area contributed by atoms with Crippen LogP contribution in [0, 0.1) is 11.6 Å². The zero-order chi connectivity index (χ0) is 14.1. The Labute approximate surface area is 111 Å². The summed E-state index contributed by atoms with van der Waals surface area (Å²) in [4.78, 5) is 15.3. The van der Waals surface area contributed by atoms with E-state index < -0.39 is 23.2 Å². The van der Waals surface area contributed by atoms with E-state index in [2.05, 4.69) is 20.5 Å². The molecule has 0 aliphatic rings. The zero-order valence-electron chi connectivity index (χ0n) is 10.0. The molecule has 0 aliphatic heterocycles. The molecule has 7 heteroatoms. The van der Waals surface area contributed by atoms with Gasteiger partial charge in [-0.15, -0.1) is 0 Å². The van der Waals surface area contributed by atoms with Gasteiger partial charge in [0.1, 0.15) is 5.82 Å². The van der Waals surface area contributed by atoms with Crippen LogP contribution in [0.4, 0.5) is 14.5 Å². The summed E-state index contributed by atoms with van der Waals surface area (Å²) in [6.45, 7) is 0. The number of fused-ring (bicyclic) bond motifs is 1. The third-order valence-corrected chi connectivity index (χ3v) is 2.72. The molecule has 0 atom stereocenters. The fourth-order valence-corrected chi connectivity index (χ4v) is 1.79. The first-order valence-corrected chi connectivity index (χ1v) is 5.69. The number of anilines is 1. The molecular weight excluding hydrogens is 266 g/mol. The molecule has 0 saturated carbocycles. The van der Waals surface area contributed by atoms with Gasteiger partial charge in [-0.05, 0) is 18.2 Å². The number of rotatable bonds is 2. The minimum atomic E-state index is -1.01. The minimum Gasteiger partial charge on any atom is -0.321 e. The highest BCUT2D eigenvalue weighted by Crippen LogP contribution is 2.17. The lowest BCUT2D eigenvalue weighted by molar-refractivity contribution is 0.101. The average molecular weight is 274 g/mol. The summed E-state index contributed by atoms with van der Waals surface area (Å²) < 4.78 is 26.2. The number of halogens is 2. The van der Waals surface area contributed by atoms with Crippen molar-refractivity contribution in [2.75, 3.05) is 5.32 Å². The van der Waals surface area contributed by atoms with Crippen molar-refractivity contribution in [2.24, 2.45) is 0 Å². The molecule has 2 aromatic heterocycles. The van der Waals surface area contributed by atoms with E-state index in [9.17, 15) is 13.6 Å². The SMILES string of the molecule is O=C(Nc1ccc2[nH]ncc2c1)c1ncc(F)cc1F. The van der Waals surface area contributed by atoms with E-state index in [1.165, 1.54) is 0 Å². The van der Waals surface area contributed by atoms with Crippen LogP contribution in [0.15, 0.2) is 36.7 Å². The van der Waals surface area contributed by atoms with Crippen LogP contribution in [0.3, 0.4) is 0 Å².